The molecule has 3 unspecified atom stereocenters. The lowest BCUT2D eigenvalue weighted by molar-refractivity contribution is -0.225. The normalized spacial score (nSPS) is 37.7. The third kappa shape index (κ3) is 3.05. The number of carbonyl (C=O) groups excluding carboxylic acids is 2. The van der Waals surface area contributed by atoms with E-state index in [-0.39, 0.29) is 30.3 Å². The SMILES string of the molecule is C=C(C)C(=O)OC12CC3CC(C1)CC(C(=O)NS(=O)(=O)C(F)(F)F)(C3)C2C. The fourth-order valence-corrected chi connectivity index (χ4v) is 6.00. The maximum atomic E-state index is 12.8. The van der Waals surface area contributed by atoms with E-state index >= 15 is 0 Å². The first-order valence-corrected chi connectivity index (χ1v) is 10.2. The third-order valence-electron chi connectivity index (χ3n) is 6.49. The van der Waals surface area contributed by atoms with Crippen LogP contribution in [0.15, 0.2) is 12.2 Å². The Morgan fingerprint density at radius 3 is 2.11 bits per heavy atom. The number of hydrogen-bond acceptors (Lipinski definition) is 5. The number of ether oxygens (including phenoxy) is 1. The molecular formula is C17H22F3NO5S. The molecule has 27 heavy (non-hydrogen) atoms. The summed E-state index contributed by atoms with van der Waals surface area (Å²) in [7, 11) is -5.79. The van der Waals surface area contributed by atoms with Crippen molar-refractivity contribution < 1.29 is 35.9 Å². The number of halogens is 3. The van der Waals surface area contributed by atoms with Gasteiger partial charge >= 0.3 is 21.5 Å². The summed E-state index contributed by atoms with van der Waals surface area (Å²) in [5.74, 6) is -2.39. The predicted molar refractivity (Wildman–Crippen MR) is 88.4 cm³/mol. The van der Waals surface area contributed by atoms with E-state index in [1.807, 2.05) is 0 Å². The average molecular weight is 409 g/mol. The highest BCUT2D eigenvalue weighted by Crippen LogP contribution is 2.65. The summed E-state index contributed by atoms with van der Waals surface area (Å²) in [4.78, 5) is 24.9. The zero-order chi connectivity index (χ0) is 20.4. The fraction of sp³-hybridized carbons (Fsp3) is 0.765. The molecule has 0 saturated heterocycles. The lowest BCUT2D eigenvalue weighted by Crippen LogP contribution is -2.67. The van der Waals surface area contributed by atoms with Gasteiger partial charge in [0.1, 0.15) is 5.60 Å². The van der Waals surface area contributed by atoms with Crippen molar-refractivity contribution in [3.8, 4) is 0 Å². The van der Waals surface area contributed by atoms with E-state index in [0.717, 1.165) is 6.42 Å². The molecule has 1 amide bonds. The van der Waals surface area contributed by atoms with E-state index < -0.39 is 44.3 Å². The maximum absolute atomic E-state index is 12.8. The summed E-state index contributed by atoms with van der Waals surface area (Å²) in [6.45, 7) is 6.70. The molecule has 10 heteroatoms. The Kier molecular flexibility index (Phi) is 4.45. The maximum Gasteiger partial charge on any atom is 0.516 e. The lowest BCUT2D eigenvalue weighted by atomic mass is 9.43. The molecule has 0 aromatic heterocycles. The van der Waals surface area contributed by atoms with Crippen LogP contribution in [0.25, 0.3) is 0 Å². The van der Waals surface area contributed by atoms with E-state index in [0.29, 0.717) is 12.8 Å². The van der Waals surface area contributed by atoms with Gasteiger partial charge in [0.25, 0.3) is 0 Å². The van der Waals surface area contributed by atoms with Crippen molar-refractivity contribution in [2.75, 3.05) is 0 Å². The molecule has 4 aliphatic carbocycles. The van der Waals surface area contributed by atoms with Gasteiger partial charge in [0.05, 0.1) is 5.41 Å². The van der Waals surface area contributed by atoms with Gasteiger partial charge in [0.2, 0.25) is 5.91 Å². The van der Waals surface area contributed by atoms with Crippen LogP contribution in [0.3, 0.4) is 0 Å². The van der Waals surface area contributed by atoms with Crippen molar-refractivity contribution >= 4 is 21.9 Å². The number of carbonyl (C=O) groups is 2. The Balaban J connectivity index is 1.95. The van der Waals surface area contributed by atoms with E-state index in [1.165, 1.54) is 11.6 Å². The second-order valence-corrected chi connectivity index (χ2v) is 9.95. The van der Waals surface area contributed by atoms with Crippen LogP contribution in [-0.2, 0) is 24.3 Å². The van der Waals surface area contributed by atoms with Gasteiger partial charge in [-0.2, -0.15) is 21.6 Å². The summed E-state index contributed by atoms with van der Waals surface area (Å²) in [6, 6.07) is 0. The number of esters is 1. The molecular weight excluding hydrogens is 387 g/mol. The number of hydrogen-bond donors (Lipinski definition) is 1. The highest BCUT2D eigenvalue weighted by molar-refractivity contribution is 7.90. The first-order valence-electron chi connectivity index (χ1n) is 8.75. The van der Waals surface area contributed by atoms with Crippen LogP contribution < -0.4 is 4.72 Å². The van der Waals surface area contributed by atoms with Crippen molar-refractivity contribution in [2.45, 2.75) is 57.1 Å². The number of amides is 1. The van der Waals surface area contributed by atoms with Gasteiger partial charge < -0.3 is 4.74 Å². The minimum Gasteiger partial charge on any atom is -0.455 e. The zero-order valence-electron chi connectivity index (χ0n) is 15.1. The van der Waals surface area contributed by atoms with Gasteiger partial charge in [-0.05, 0) is 50.9 Å². The van der Waals surface area contributed by atoms with Crippen LogP contribution in [0, 0.1) is 23.2 Å². The van der Waals surface area contributed by atoms with Crippen LogP contribution in [0.4, 0.5) is 13.2 Å². The second-order valence-electron chi connectivity index (χ2n) is 8.28. The van der Waals surface area contributed by atoms with Crippen LogP contribution in [0.1, 0.15) is 46.0 Å². The Bertz CT molecular complexity index is 790. The molecule has 4 aliphatic rings. The van der Waals surface area contributed by atoms with Gasteiger partial charge in [-0.1, -0.05) is 13.5 Å². The molecule has 0 aliphatic heterocycles. The van der Waals surface area contributed by atoms with Crippen molar-refractivity contribution in [1.29, 1.82) is 0 Å². The summed E-state index contributed by atoms with van der Waals surface area (Å²) in [5.41, 5.74) is -7.67. The number of sulfonamides is 1. The Morgan fingerprint density at radius 1 is 1.15 bits per heavy atom. The number of rotatable bonds is 4. The second kappa shape index (κ2) is 5.96. The van der Waals surface area contributed by atoms with Crippen LogP contribution >= 0.6 is 0 Å². The molecule has 0 aromatic rings. The average Bonchev–Trinajstić information content (AvgIpc) is 2.49. The molecule has 0 radical (unpaired) electrons. The van der Waals surface area contributed by atoms with Crippen molar-refractivity contribution in [2.24, 2.45) is 23.2 Å². The molecule has 3 atom stereocenters. The molecule has 0 heterocycles. The minimum absolute atomic E-state index is 0.00837. The quantitative estimate of drug-likeness (QED) is 0.570. The van der Waals surface area contributed by atoms with Crippen molar-refractivity contribution in [3.05, 3.63) is 12.2 Å². The number of alkyl halides is 3. The molecule has 6 nitrogen and oxygen atoms in total. The lowest BCUT2D eigenvalue weighted by Gasteiger charge is -2.63. The smallest absolute Gasteiger partial charge is 0.455 e. The van der Waals surface area contributed by atoms with E-state index in [1.54, 1.807) is 6.92 Å². The van der Waals surface area contributed by atoms with Crippen LogP contribution in [0.2, 0.25) is 0 Å². The molecule has 4 bridgehead atoms. The summed E-state index contributed by atoms with van der Waals surface area (Å²) in [5, 5.41) is 0. The van der Waals surface area contributed by atoms with Gasteiger partial charge in [-0.3, -0.25) is 4.79 Å². The van der Waals surface area contributed by atoms with Gasteiger partial charge in [0, 0.05) is 11.5 Å². The first-order chi connectivity index (χ1) is 12.2. The Labute approximate surface area is 155 Å². The van der Waals surface area contributed by atoms with Crippen molar-refractivity contribution in [3.63, 3.8) is 0 Å². The molecule has 0 aromatic carbocycles. The summed E-state index contributed by atoms with van der Waals surface area (Å²) in [6.07, 6.45) is 2.40. The highest BCUT2D eigenvalue weighted by Gasteiger charge is 2.67. The zero-order valence-corrected chi connectivity index (χ0v) is 15.9. The molecule has 4 rings (SSSR count). The molecule has 0 spiro atoms. The van der Waals surface area contributed by atoms with Gasteiger partial charge in [0.15, 0.2) is 0 Å². The van der Waals surface area contributed by atoms with Crippen LogP contribution in [0.5, 0.6) is 0 Å². The first kappa shape index (κ1) is 20.2. The van der Waals surface area contributed by atoms with E-state index in [4.69, 9.17) is 4.74 Å². The molecule has 152 valence electrons. The summed E-state index contributed by atoms with van der Waals surface area (Å²) < 4.78 is 68.0. The van der Waals surface area contributed by atoms with Crippen molar-refractivity contribution in [1.82, 2.24) is 4.72 Å². The fourth-order valence-electron chi connectivity index (χ4n) is 5.44. The van der Waals surface area contributed by atoms with Gasteiger partial charge in [-0.25, -0.2) is 9.52 Å². The summed E-state index contributed by atoms with van der Waals surface area (Å²) >= 11 is 0. The highest BCUT2D eigenvalue weighted by atomic mass is 32.2. The minimum atomic E-state index is -5.79. The molecule has 1 N–H and O–H groups in total. The molecule has 4 fully saturated rings. The topological polar surface area (TPSA) is 89.5 Å². The third-order valence-corrected chi connectivity index (χ3v) is 7.55. The Hall–Kier alpha value is -1.58. The van der Waals surface area contributed by atoms with Crippen LogP contribution in [-0.4, -0.2) is 31.4 Å². The standard InChI is InChI=1S/C17H22F3NO5S/c1-9(2)13(22)26-16-7-11-4-12(8-16)6-15(5-11,10(16)3)14(23)21-27(24,25)17(18,19)20/h10-12H,1,4-8H2,2-3H3,(H,21,23). The number of nitrogens with one attached hydrogen (secondary N) is 1. The monoisotopic (exact) mass is 409 g/mol. The largest absolute Gasteiger partial charge is 0.516 e. The molecule has 4 saturated carbocycles. The van der Waals surface area contributed by atoms with E-state index in [9.17, 15) is 31.2 Å². The van der Waals surface area contributed by atoms with Gasteiger partial charge in [-0.15, -0.1) is 0 Å². The van der Waals surface area contributed by atoms with E-state index in [2.05, 4.69) is 6.58 Å². The Morgan fingerprint density at radius 2 is 1.67 bits per heavy atom. The predicted octanol–water partition coefficient (Wildman–Crippen LogP) is 2.66.